The third-order valence-corrected chi connectivity index (χ3v) is 4.15. The summed E-state index contributed by atoms with van der Waals surface area (Å²) in [6, 6.07) is 0.453. The molecule has 0 aromatic carbocycles. The van der Waals surface area contributed by atoms with Crippen LogP contribution < -0.4 is 10.6 Å². The van der Waals surface area contributed by atoms with Crippen molar-refractivity contribution in [3.8, 4) is 0 Å². The zero-order valence-corrected chi connectivity index (χ0v) is 11.5. The first kappa shape index (κ1) is 14.8. The molecule has 2 aliphatic rings. The van der Waals surface area contributed by atoms with Crippen LogP contribution >= 0.6 is 12.4 Å². The summed E-state index contributed by atoms with van der Waals surface area (Å²) in [5, 5.41) is 6.54. The molecule has 1 saturated carbocycles. The molecule has 0 aromatic heterocycles. The number of halogens is 1. The average Bonchev–Trinajstić information content (AvgIpc) is 2.88. The number of carbonyl (C=O) groups excluding carboxylic acids is 1. The first-order valence-electron chi connectivity index (χ1n) is 6.76. The van der Waals surface area contributed by atoms with Gasteiger partial charge in [-0.3, -0.25) is 4.79 Å². The van der Waals surface area contributed by atoms with Crippen molar-refractivity contribution in [2.45, 2.75) is 51.5 Å². The van der Waals surface area contributed by atoms with Crippen LogP contribution in [0.4, 0.5) is 0 Å². The average molecular weight is 261 g/mol. The summed E-state index contributed by atoms with van der Waals surface area (Å²) < 4.78 is 0. The Morgan fingerprint density at radius 3 is 2.76 bits per heavy atom. The van der Waals surface area contributed by atoms with Crippen LogP contribution in [0.3, 0.4) is 0 Å². The third-order valence-electron chi connectivity index (χ3n) is 4.15. The van der Waals surface area contributed by atoms with Crippen molar-refractivity contribution in [1.82, 2.24) is 10.6 Å². The predicted octanol–water partition coefficient (Wildman–Crippen LogP) is 2.10. The van der Waals surface area contributed by atoms with E-state index >= 15 is 0 Å². The van der Waals surface area contributed by atoms with Crippen molar-refractivity contribution < 1.29 is 4.79 Å². The van der Waals surface area contributed by atoms with Gasteiger partial charge in [0, 0.05) is 12.5 Å². The lowest BCUT2D eigenvalue weighted by Crippen LogP contribution is -2.36. The van der Waals surface area contributed by atoms with Gasteiger partial charge in [0.05, 0.1) is 0 Å². The van der Waals surface area contributed by atoms with Gasteiger partial charge in [0.2, 0.25) is 5.91 Å². The molecule has 1 saturated heterocycles. The molecular formula is C13H25ClN2O. The molecule has 17 heavy (non-hydrogen) atoms. The summed E-state index contributed by atoms with van der Waals surface area (Å²) in [6.07, 6.45) is 6.75. The van der Waals surface area contributed by atoms with Gasteiger partial charge >= 0.3 is 0 Å². The molecule has 3 nitrogen and oxygen atoms in total. The molecule has 1 aliphatic carbocycles. The van der Waals surface area contributed by atoms with E-state index < -0.39 is 0 Å². The largest absolute Gasteiger partial charge is 0.353 e. The number of nitrogens with one attached hydrogen (secondary N) is 2. The van der Waals surface area contributed by atoms with Gasteiger partial charge in [-0.25, -0.2) is 0 Å². The van der Waals surface area contributed by atoms with E-state index in [4.69, 9.17) is 0 Å². The van der Waals surface area contributed by atoms with Crippen molar-refractivity contribution in [1.29, 1.82) is 0 Å². The molecule has 1 heterocycles. The molecule has 0 bridgehead atoms. The van der Waals surface area contributed by atoms with Crippen LogP contribution in [0.5, 0.6) is 0 Å². The van der Waals surface area contributed by atoms with Gasteiger partial charge in [-0.2, -0.15) is 0 Å². The molecule has 2 fully saturated rings. The molecule has 0 aromatic rings. The van der Waals surface area contributed by atoms with Gasteiger partial charge in [-0.1, -0.05) is 13.3 Å². The maximum absolute atomic E-state index is 11.8. The zero-order valence-electron chi connectivity index (χ0n) is 10.7. The van der Waals surface area contributed by atoms with Crippen molar-refractivity contribution in [2.75, 3.05) is 13.1 Å². The van der Waals surface area contributed by atoms with E-state index in [1.54, 1.807) is 0 Å². The first-order valence-corrected chi connectivity index (χ1v) is 6.76. The zero-order chi connectivity index (χ0) is 11.4. The maximum Gasteiger partial charge on any atom is 0.220 e. The van der Waals surface area contributed by atoms with Gasteiger partial charge in [0.15, 0.2) is 0 Å². The van der Waals surface area contributed by atoms with Gasteiger partial charge in [-0.15, -0.1) is 12.4 Å². The Bertz CT molecular complexity index is 242. The van der Waals surface area contributed by atoms with E-state index in [0.29, 0.717) is 12.0 Å². The van der Waals surface area contributed by atoms with Crippen LogP contribution in [0.15, 0.2) is 0 Å². The van der Waals surface area contributed by atoms with Crippen LogP contribution in [0.1, 0.15) is 45.4 Å². The molecule has 4 heteroatoms. The minimum absolute atomic E-state index is 0. The minimum atomic E-state index is 0. The van der Waals surface area contributed by atoms with E-state index in [1.807, 2.05) is 0 Å². The predicted molar refractivity (Wildman–Crippen MR) is 72.4 cm³/mol. The summed E-state index contributed by atoms with van der Waals surface area (Å²) >= 11 is 0. The standard InChI is InChI=1S/C13H24N2O.ClH/c1-10-3-2-4-12(10)15-13(16)6-5-11-7-8-14-9-11;/h10-12,14H,2-9H2,1H3,(H,15,16);1H. The molecule has 2 rings (SSSR count). The van der Waals surface area contributed by atoms with Gasteiger partial charge in [0.25, 0.3) is 0 Å². The van der Waals surface area contributed by atoms with E-state index in [9.17, 15) is 4.79 Å². The molecule has 0 spiro atoms. The Morgan fingerprint density at radius 2 is 2.18 bits per heavy atom. The fourth-order valence-electron chi connectivity index (χ4n) is 2.93. The lowest BCUT2D eigenvalue weighted by Gasteiger charge is -2.17. The third kappa shape index (κ3) is 4.47. The highest BCUT2D eigenvalue weighted by Gasteiger charge is 2.25. The monoisotopic (exact) mass is 260 g/mol. The number of amides is 1. The summed E-state index contributed by atoms with van der Waals surface area (Å²) in [7, 11) is 0. The highest BCUT2D eigenvalue weighted by Crippen LogP contribution is 2.25. The van der Waals surface area contributed by atoms with Gasteiger partial charge in [0.1, 0.15) is 0 Å². The molecule has 0 radical (unpaired) electrons. The van der Waals surface area contributed by atoms with E-state index in [2.05, 4.69) is 17.6 Å². The van der Waals surface area contributed by atoms with E-state index in [-0.39, 0.29) is 18.3 Å². The normalized spacial score (nSPS) is 32.2. The lowest BCUT2D eigenvalue weighted by molar-refractivity contribution is -0.122. The highest BCUT2D eigenvalue weighted by atomic mass is 35.5. The van der Waals surface area contributed by atoms with Gasteiger partial charge in [-0.05, 0) is 50.6 Å². The molecule has 3 atom stereocenters. The van der Waals surface area contributed by atoms with Crippen LogP contribution in [0, 0.1) is 11.8 Å². The van der Waals surface area contributed by atoms with Crippen molar-refractivity contribution in [2.24, 2.45) is 11.8 Å². The lowest BCUT2D eigenvalue weighted by atomic mass is 10.0. The summed E-state index contributed by atoms with van der Waals surface area (Å²) in [5.74, 6) is 1.68. The van der Waals surface area contributed by atoms with Crippen LogP contribution in [0.25, 0.3) is 0 Å². The molecule has 100 valence electrons. The molecule has 1 aliphatic heterocycles. The molecular weight excluding hydrogens is 236 g/mol. The Balaban J connectivity index is 0.00000144. The molecule has 2 N–H and O–H groups in total. The van der Waals surface area contributed by atoms with Crippen molar-refractivity contribution >= 4 is 18.3 Å². The summed E-state index contributed by atoms with van der Waals surface area (Å²) in [6.45, 7) is 4.48. The first-order chi connectivity index (χ1) is 7.75. The summed E-state index contributed by atoms with van der Waals surface area (Å²) in [4.78, 5) is 11.8. The molecule has 1 amide bonds. The van der Waals surface area contributed by atoms with Crippen molar-refractivity contribution in [3.63, 3.8) is 0 Å². The molecule has 3 unspecified atom stereocenters. The number of carbonyl (C=O) groups is 1. The Labute approximate surface area is 111 Å². The van der Waals surface area contributed by atoms with Crippen molar-refractivity contribution in [3.05, 3.63) is 0 Å². The second kappa shape index (κ2) is 7.22. The fraction of sp³-hybridized carbons (Fsp3) is 0.923. The van der Waals surface area contributed by atoms with Crippen LogP contribution in [0.2, 0.25) is 0 Å². The van der Waals surface area contributed by atoms with Crippen LogP contribution in [-0.4, -0.2) is 25.0 Å². The number of rotatable bonds is 4. The van der Waals surface area contributed by atoms with E-state index in [1.165, 1.54) is 25.7 Å². The Kier molecular flexibility index (Phi) is 6.28. The smallest absolute Gasteiger partial charge is 0.220 e. The second-order valence-corrected chi connectivity index (χ2v) is 5.48. The maximum atomic E-state index is 11.8. The Hall–Kier alpha value is -0.280. The Morgan fingerprint density at radius 1 is 1.35 bits per heavy atom. The highest BCUT2D eigenvalue weighted by molar-refractivity contribution is 5.85. The SMILES string of the molecule is CC1CCCC1NC(=O)CCC1CCNC1.Cl. The van der Waals surface area contributed by atoms with Gasteiger partial charge < -0.3 is 10.6 Å². The fourth-order valence-corrected chi connectivity index (χ4v) is 2.93. The van der Waals surface area contributed by atoms with E-state index in [0.717, 1.165) is 31.8 Å². The number of hydrogen-bond acceptors (Lipinski definition) is 2. The second-order valence-electron chi connectivity index (χ2n) is 5.48. The number of hydrogen-bond donors (Lipinski definition) is 2. The topological polar surface area (TPSA) is 41.1 Å². The quantitative estimate of drug-likeness (QED) is 0.813. The van der Waals surface area contributed by atoms with Crippen LogP contribution in [-0.2, 0) is 4.79 Å². The minimum Gasteiger partial charge on any atom is -0.353 e. The summed E-state index contributed by atoms with van der Waals surface area (Å²) in [5.41, 5.74) is 0.